The smallest absolute Gasteiger partial charge is 0.310 e. The molecule has 1 atom stereocenters. The number of methoxy groups -OCH3 is 1. The van der Waals surface area contributed by atoms with Crippen LogP contribution in [0.1, 0.15) is 48.9 Å². The molecule has 1 aliphatic carbocycles. The van der Waals surface area contributed by atoms with Crippen molar-refractivity contribution in [3.05, 3.63) is 47.7 Å². The molecule has 1 saturated carbocycles. The molecule has 24 heavy (non-hydrogen) atoms. The number of esters is 1. The van der Waals surface area contributed by atoms with Crippen LogP contribution in [-0.2, 0) is 9.53 Å². The van der Waals surface area contributed by atoms with Gasteiger partial charge < -0.3 is 9.64 Å². The molecule has 0 radical (unpaired) electrons. The molecule has 2 fully saturated rings. The molecule has 0 bridgehead atoms. The van der Waals surface area contributed by atoms with Gasteiger partial charge in [-0.1, -0.05) is 49.6 Å². The molecule has 0 N–H and O–H groups in total. The molecule has 1 aliphatic heterocycles. The van der Waals surface area contributed by atoms with Crippen molar-refractivity contribution in [1.82, 2.24) is 4.90 Å². The minimum absolute atomic E-state index is 0.0110. The predicted octanol–water partition coefficient (Wildman–Crippen LogP) is 3.58. The second-order valence-electron chi connectivity index (χ2n) is 6.73. The van der Waals surface area contributed by atoms with Gasteiger partial charge in [0.25, 0.3) is 0 Å². The lowest BCUT2D eigenvalue weighted by Crippen LogP contribution is -2.35. The number of ketones is 1. The molecule has 1 unspecified atom stereocenters. The molecule has 2 aliphatic rings. The fourth-order valence-corrected chi connectivity index (χ4v) is 3.87. The number of allylic oxidation sites excluding steroid dienone is 2. The van der Waals surface area contributed by atoms with Gasteiger partial charge in [-0.3, -0.25) is 9.59 Å². The van der Waals surface area contributed by atoms with Crippen LogP contribution < -0.4 is 0 Å². The summed E-state index contributed by atoms with van der Waals surface area (Å²) in [5, 5.41) is 0. The van der Waals surface area contributed by atoms with Crippen molar-refractivity contribution in [3.8, 4) is 0 Å². The molecule has 1 saturated heterocycles. The van der Waals surface area contributed by atoms with E-state index in [1.54, 1.807) is 6.08 Å². The third-order valence-electron chi connectivity index (χ3n) is 5.15. The number of benzene rings is 1. The summed E-state index contributed by atoms with van der Waals surface area (Å²) in [7, 11) is 1.43. The van der Waals surface area contributed by atoms with E-state index in [2.05, 4.69) is 4.90 Å². The zero-order valence-electron chi connectivity index (χ0n) is 14.2. The van der Waals surface area contributed by atoms with Gasteiger partial charge in [-0.2, -0.15) is 0 Å². The Bertz CT molecular complexity index is 617. The van der Waals surface area contributed by atoms with E-state index >= 15 is 0 Å². The molecule has 4 nitrogen and oxygen atoms in total. The number of rotatable bonds is 4. The Morgan fingerprint density at radius 3 is 2.50 bits per heavy atom. The topological polar surface area (TPSA) is 46.6 Å². The van der Waals surface area contributed by atoms with Crippen LogP contribution in [-0.4, -0.2) is 36.3 Å². The Labute approximate surface area is 143 Å². The van der Waals surface area contributed by atoms with Gasteiger partial charge in [-0.15, -0.1) is 0 Å². The maximum atomic E-state index is 12.6. The summed E-state index contributed by atoms with van der Waals surface area (Å²) in [5.74, 6) is -0.324. The number of likely N-dealkylation sites (tertiary alicyclic amines) is 1. The van der Waals surface area contributed by atoms with Crippen molar-refractivity contribution in [1.29, 1.82) is 0 Å². The molecule has 1 aromatic carbocycles. The predicted molar refractivity (Wildman–Crippen MR) is 92.6 cm³/mol. The molecule has 3 rings (SSSR count). The summed E-state index contributed by atoms with van der Waals surface area (Å²) in [4.78, 5) is 26.8. The van der Waals surface area contributed by atoms with Crippen molar-refractivity contribution in [2.75, 3.05) is 13.7 Å². The number of carbonyl (C=O) groups is 2. The van der Waals surface area contributed by atoms with E-state index in [0.29, 0.717) is 24.6 Å². The molecule has 0 aromatic heterocycles. The van der Waals surface area contributed by atoms with Gasteiger partial charge in [0, 0.05) is 36.3 Å². The molecular weight excluding hydrogens is 302 g/mol. The van der Waals surface area contributed by atoms with Crippen molar-refractivity contribution in [2.45, 2.75) is 44.6 Å². The van der Waals surface area contributed by atoms with Crippen LogP contribution in [0.15, 0.2) is 42.1 Å². The average molecular weight is 327 g/mol. The molecule has 1 aromatic rings. The van der Waals surface area contributed by atoms with Crippen LogP contribution in [0.5, 0.6) is 0 Å². The molecular formula is C20H25NO3. The van der Waals surface area contributed by atoms with E-state index in [9.17, 15) is 9.59 Å². The first-order valence-corrected chi connectivity index (χ1v) is 8.83. The number of carbonyl (C=O) groups excluding carboxylic acids is 2. The average Bonchev–Trinajstić information content (AvgIpc) is 3.06. The molecule has 128 valence electrons. The standard InChI is InChI=1S/C20H25NO3/c1-24-20(23)16-12-18(13-19(22)15-8-4-2-5-9-15)21(14-16)17-10-6-3-7-11-17/h2,4-5,8-9,13,16-17H,3,6-7,10-12,14H2,1H3/b18-13+. The Kier molecular flexibility index (Phi) is 5.34. The fraction of sp³-hybridized carbons (Fsp3) is 0.500. The van der Waals surface area contributed by atoms with Gasteiger partial charge in [0.1, 0.15) is 0 Å². The van der Waals surface area contributed by atoms with Crippen LogP contribution in [0.4, 0.5) is 0 Å². The zero-order valence-corrected chi connectivity index (χ0v) is 14.2. The lowest BCUT2D eigenvalue weighted by Gasteiger charge is -2.33. The monoisotopic (exact) mass is 327 g/mol. The Morgan fingerprint density at radius 2 is 1.83 bits per heavy atom. The van der Waals surface area contributed by atoms with E-state index in [-0.39, 0.29) is 17.7 Å². The highest BCUT2D eigenvalue weighted by Crippen LogP contribution is 2.34. The highest BCUT2D eigenvalue weighted by molar-refractivity contribution is 6.04. The van der Waals surface area contributed by atoms with Crippen LogP contribution >= 0.6 is 0 Å². The largest absolute Gasteiger partial charge is 0.469 e. The highest BCUT2D eigenvalue weighted by atomic mass is 16.5. The van der Waals surface area contributed by atoms with Crippen molar-refractivity contribution >= 4 is 11.8 Å². The summed E-state index contributed by atoms with van der Waals surface area (Å²) in [6.07, 6.45) is 8.35. The first kappa shape index (κ1) is 16.7. The summed E-state index contributed by atoms with van der Waals surface area (Å²) in [6, 6.07) is 9.76. The van der Waals surface area contributed by atoms with Gasteiger partial charge in [0.2, 0.25) is 0 Å². The molecule has 0 spiro atoms. The van der Waals surface area contributed by atoms with Crippen LogP contribution in [0.3, 0.4) is 0 Å². The van der Waals surface area contributed by atoms with E-state index in [1.807, 2.05) is 30.3 Å². The van der Waals surface area contributed by atoms with E-state index < -0.39 is 0 Å². The van der Waals surface area contributed by atoms with Gasteiger partial charge >= 0.3 is 5.97 Å². The number of hydrogen-bond donors (Lipinski definition) is 0. The van der Waals surface area contributed by atoms with Crippen molar-refractivity contribution < 1.29 is 14.3 Å². The number of ether oxygens (including phenoxy) is 1. The molecule has 1 heterocycles. The van der Waals surface area contributed by atoms with Gasteiger partial charge in [-0.25, -0.2) is 0 Å². The van der Waals surface area contributed by atoms with Crippen molar-refractivity contribution in [3.63, 3.8) is 0 Å². The number of nitrogens with zero attached hydrogens (tertiary/aromatic N) is 1. The minimum atomic E-state index is -0.175. The first-order chi connectivity index (χ1) is 11.7. The van der Waals surface area contributed by atoms with Crippen LogP contribution in [0.2, 0.25) is 0 Å². The van der Waals surface area contributed by atoms with E-state index in [1.165, 1.54) is 26.4 Å². The second kappa shape index (κ2) is 7.65. The summed E-state index contributed by atoms with van der Waals surface area (Å²) < 4.78 is 4.93. The van der Waals surface area contributed by atoms with Gasteiger partial charge in [0.15, 0.2) is 5.78 Å². The first-order valence-electron chi connectivity index (χ1n) is 8.83. The van der Waals surface area contributed by atoms with Crippen molar-refractivity contribution in [2.24, 2.45) is 5.92 Å². The SMILES string of the molecule is COC(=O)C1C/C(=C\C(=O)c2ccccc2)N(C2CCCCC2)C1. The third-order valence-corrected chi connectivity index (χ3v) is 5.15. The summed E-state index contributed by atoms with van der Waals surface area (Å²) >= 11 is 0. The minimum Gasteiger partial charge on any atom is -0.469 e. The number of hydrogen-bond acceptors (Lipinski definition) is 4. The van der Waals surface area contributed by atoms with Gasteiger partial charge in [-0.05, 0) is 12.8 Å². The molecule has 4 heteroatoms. The third kappa shape index (κ3) is 3.69. The Morgan fingerprint density at radius 1 is 1.12 bits per heavy atom. The molecule has 0 amide bonds. The summed E-state index contributed by atoms with van der Waals surface area (Å²) in [5.41, 5.74) is 1.68. The lowest BCUT2D eigenvalue weighted by molar-refractivity contribution is -0.145. The fourth-order valence-electron chi connectivity index (χ4n) is 3.87. The van der Waals surface area contributed by atoms with Crippen LogP contribution in [0.25, 0.3) is 0 Å². The normalized spacial score (nSPS) is 23.5. The Hall–Kier alpha value is -2.10. The summed E-state index contributed by atoms with van der Waals surface area (Å²) in [6.45, 7) is 0.672. The van der Waals surface area contributed by atoms with E-state index in [4.69, 9.17) is 4.74 Å². The van der Waals surface area contributed by atoms with Gasteiger partial charge in [0.05, 0.1) is 13.0 Å². The maximum absolute atomic E-state index is 12.6. The quantitative estimate of drug-likeness (QED) is 0.482. The van der Waals surface area contributed by atoms with E-state index in [0.717, 1.165) is 18.5 Å². The van der Waals surface area contributed by atoms with Crippen LogP contribution in [0, 0.1) is 5.92 Å². The zero-order chi connectivity index (χ0) is 16.9. The Balaban J connectivity index is 1.82. The highest BCUT2D eigenvalue weighted by Gasteiger charge is 2.36. The maximum Gasteiger partial charge on any atom is 0.310 e. The lowest BCUT2D eigenvalue weighted by atomic mass is 9.94. The second-order valence-corrected chi connectivity index (χ2v) is 6.73.